The van der Waals surface area contributed by atoms with Crippen molar-refractivity contribution in [3.8, 4) is 39.6 Å². The van der Waals surface area contributed by atoms with Crippen molar-refractivity contribution in [2.75, 3.05) is 9.80 Å². The second-order valence-corrected chi connectivity index (χ2v) is 27.2. The zero-order chi connectivity index (χ0) is 55.5. The largest absolute Gasteiger partial charge is 0.509 e. The first-order valence-corrected chi connectivity index (χ1v) is 30.0. The van der Waals surface area contributed by atoms with Crippen LogP contribution in [0.5, 0.6) is 11.5 Å². The van der Waals surface area contributed by atoms with Crippen molar-refractivity contribution >= 4 is 73.4 Å². The van der Waals surface area contributed by atoms with Crippen LogP contribution in [0.4, 0.5) is 22.7 Å². The molecule has 12 aromatic rings. The second-order valence-electron chi connectivity index (χ2n) is 23.4. The number of hydrogen-bond donors (Lipinski definition) is 0. The normalized spacial score (nSPS) is 12.6. The molecular weight excluding hydrogens is 1200 g/mol. The number of aromatic nitrogens is 2. The van der Waals surface area contributed by atoms with Gasteiger partial charge in [0.1, 0.15) is 5.82 Å². The first kappa shape index (κ1) is 54.1. The van der Waals surface area contributed by atoms with E-state index in [4.69, 9.17) is 9.72 Å². The number of hydrogen-bond acceptors (Lipinski definition) is 4. The number of pyridine rings is 1. The fourth-order valence-corrected chi connectivity index (χ4v) is 16.7. The van der Waals surface area contributed by atoms with Crippen LogP contribution in [0.1, 0.15) is 58.2 Å². The smallest absolute Gasteiger partial charge is 0.179 e. The zero-order valence-electron chi connectivity index (χ0n) is 47.3. The molecule has 1 aliphatic rings. The molecule has 0 unspecified atom stereocenters. The molecule has 1 aliphatic heterocycles. The van der Waals surface area contributed by atoms with Crippen molar-refractivity contribution in [1.82, 2.24) is 9.55 Å². The standard InChI is InChI=1S/C75H63N4OSi.Pt/c1-52-43-72(76-50-68(52)54-27-22-36-64(44-54)81(61-30-14-9-15-31-61,62-32-16-10-17-33-62)63-34-18-11-19-35-63)79-69-39-21-20-37-66(69)67-42-41-60(49-71(67)79)80-59-29-23-28-57(48-59)77-51-78(58-46-55(74(2,3)4)45-56(47-58)75(5,6)7)73-65(38-24-40-70(73)77)53-25-12-8-13-26-53;/h8-47,50-51H,1-7H3;/q-3;. The number of rotatable bonds is 11. The fraction of sp³-hybridized carbons (Fsp3) is 0.120. The molecule has 5 nitrogen and oxygen atoms in total. The van der Waals surface area contributed by atoms with E-state index in [2.05, 4.69) is 306 Å². The van der Waals surface area contributed by atoms with Crippen LogP contribution in [-0.4, -0.2) is 17.6 Å². The fourth-order valence-electron chi connectivity index (χ4n) is 11.9. The molecule has 2 aromatic heterocycles. The van der Waals surface area contributed by atoms with E-state index < -0.39 is 8.07 Å². The van der Waals surface area contributed by atoms with Crippen molar-refractivity contribution in [1.29, 1.82) is 0 Å². The van der Waals surface area contributed by atoms with Gasteiger partial charge >= 0.3 is 0 Å². The summed E-state index contributed by atoms with van der Waals surface area (Å²) in [5, 5.41) is 7.53. The second kappa shape index (κ2) is 21.7. The van der Waals surface area contributed by atoms with Crippen LogP contribution in [0.3, 0.4) is 0 Å². The summed E-state index contributed by atoms with van der Waals surface area (Å²) in [6.45, 7) is 18.2. The van der Waals surface area contributed by atoms with Gasteiger partial charge < -0.3 is 19.1 Å². The number of aryl methyl sites for hydroxylation is 1. The van der Waals surface area contributed by atoms with E-state index in [1.165, 1.54) is 31.9 Å². The topological polar surface area (TPSA) is 33.5 Å². The van der Waals surface area contributed by atoms with E-state index in [9.17, 15) is 0 Å². The monoisotopic (exact) mass is 1260 g/mol. The van der Waals surface area contributed by atoms with E-state index >= 15 is 0 Å². The summed E-state index contributed by atoms with van der Waals surface area (Å²) in [5.41, 5.74) is 14.2. The maximum Gasteiger partial charge on any atom is 0.179 e. The molecule has 0 saturated heterocycles. The summed E-state index contributed by atoms with van der Waals surface area (Å²) < 4.78 is 9.03. The summed E-state index contributed by atoms with van der Waals surface area (Å²) >= 11 is 0. The minimum atomic E-state index is -2.75. The minimum absolute atomic E-state index is 0. The first-order chi connectivity index (χ1) is 39.3. The minimum Gasteiger partial charge on any atom is -0.509 e. The first-order valence-electron chi connectivity index (χ1n) is 28.0. The Morgan fingerprint density at radius 3 is 1.67 bits per heavy atom. The van der Waals surface area contributed by atoms with E-state index in [1.807, 2.05) is 24.4 Å². The Morgan fingerprint density at radius 1 is 0.476 bits per heavy atom. The Morgan fingerprint density at radius 2 is 1.04 bits per heavy atom. The molecule has 0 bridgehead atoms. The predicted molar refractivity (Wildman–Crippen MR) is 341 cm³/mol. The van der Waals surface area contributed by atoms with Crippen LogP contribution < -0.4 is 35.3 Å². The number of nitrogens with zero attached hydrogens (tertiary/aromatic N) is 4. The van der Waals surface area contributed by atoms with Gasteiger partial charge in [0.15, 0.2) is 8.07 Å². The molecule has 0 fully saturated rings. The Hall–Kier alpha value is -8.54. The molecular formula is C75H63N4OPtSi-3. The van der Waals surface area contributed by atoms with Gasteiger partial charge in [-0.05, 0) is 102 Å². The van der Waals surface area contributed by atoms with Gasteiger partial charge in [-0.1, -0.05) is 229 Å². The molecule has 0 saturated carbocycles. The molecule has 0 aliphatic carbocycles. The molecule has 10 aromatic carbocycles. The zero-order valence-corrected chi connectivity index (χ0v) is 50.5. The van der Waals surface area contributed by atoms with Crippen LogP contribution in [0, 0.1) is 25.7 Å². The van der Waals surface area contributed by atoms with Gasteiger partial charge in [0.2, 0.25) is 0 Å². The predicted octanol–water partition coefficient (Wildman–Crippen LogP) is 16.6. The van der Waals surface area contributed by atoms with Gasteiger partial charge in [-0.2, -0.15) is 12.1 Å². The van der Waals surface area contributed by atoms with Crippen LogP contribution in [0.25, 0.3) is 49.9 Å². The molecule has 7 heteroatoms. The van der Waals surface area contributed by atoms with Gasteiger partial charge in [-0.3, -0.25) is 0 Å². The van der Waals surface area contributed by atoms with Crippen LogP contribution >= 0.6 is 0 Å². The summed E-state index contributed by atoms with van der Waals surface area (Å²) in [7, 11) is -2.75. The molecule has 0 spiro atoms. The van der Waals surface area contributed by atoms with Gasteiger partial charge in [0.05, 0.1) is 0 Å². The maximum absolute atomic E-state index is 6.81. The molecule has 13 rings (SSSR count). The third kappa shape index (κ3) is 9.78. The van der Waals surface area contributed by atoms with Crippen LogP contribution in [0.2, 0.25) is 0 Å². The van der Waals surface area contributed by atoms with Crippen molar-refractivity contribution in [2.24, 2.45) is 0 Å². The van der Waals surface area contributed by atoms with Crippen molar-refractivity contribution < 1.29 is 25.8 Å². The summed E-state index contributed by atoms with van der Waals surface area (Å²) in [6.07, 6.45) is 2.05. The summed E-state index contributed by atoms with van der Waals surface area (Å²) in [4.78, 5) is 9.89. The Labute approximate surface area is 498 Å². The van der Waals surface area contributed by atoms with Gasteiger partial charge in [-0.15, -0.1) is 48.1 Å². The van der Waals surface area contributed by atoms with Crippen LogP contribution in [-0.2, 0) is 31.9 Å². The quantitative estimate of drug-likeness (QED) is 0.0734. The van der Waals surface area contributed by atoms with Crippen molar-refractivity contribution in [3.63, 3.8) is 0 Å². The number of anilines is 4. The molecule has 82 heavy (non-hydrogen) atoms. The van der Waals surface area contributed by atoms with E-state index in [1.54, 1.807) is 0 Å². The maximum atomic E-state index is 6.81. The molecule has 3 heterocycles. The third-order valence-corrected chi connectivity index (χ3v) is 20.9. The van der Waals surface area contributed by atoms with Crippen LogP contribution in [0.15, 0.2) is 249 Å². The summed E-state index contributed by atoms with van der Waals surface area (Å²) in [6, 6.07) is 95.2. The molecule has 0 N–H and O–H groups in total. The molecule has 0 amide bonds. The van der Waals surface area contributed by atoms with Gasteiger partial charge in [0.25, 0.3) is 0 Å². The van der Waals surface area contributed by atoms with Crippen molar-refractivity contribution in [2.45, 2.75) is 59.3 Å². The van der Waals surface area contributed by atoms with Crippen molar-refractivity contribution in [3.05, 3.63) is 284 Å². The number of benzene rings is 10. The molecule has 0 radical (unpaired) electrons. The SMILES string of the molecule is Cc1cc(-n2c3[c-]c(Oc4[c-]c(N5[CH-]N(c6cc(C(C)(C)C)cc(C(C)(C)C)c6)c6c(-c7ccccc7)cccc65)ccc4)ccc3c3ccccc32)ncc1-c1cccc([Si](c2ccccc2)(c2ccccc2)c2ccccc2)c1.[Pt]. The Bertz CT molecular complexity index is 4150. The Balaban J connectivity index is 0.00000665. The number of ether oxygens (including phenoxy) is 1. The average Bonchev–Trinajstić information content (AvgIpc) is 3.64. The van der Waals surface area contributed by atoms with E-state index in [0.29, 0.717) is 11.5 Å². The number of para-hydroxylation sites is 2. The van der Waals surface area contributed by atoms with E-state index in [0.717, 1.165) is 78.2 Å². The number of fused-ring (bicyclic) bond motifs is 4. The molecule has 406 valence electrons. The van der Waals surface area contributed by atoms with E-state index in [-0.39, 0.29) is 31.9 Å². The van der Waals surface area contributed by atoms with Gasteiger partial charge in [0, 0.05) is 72.5 Å². The van der Waals surface area contributed by atoms with Gasteiger partial charge in [-0.25, -0.2) is 4.98 Å². The molecule has 0 atom stereocenters. The Kier molecular flexibility index (Phi) is 14.3. The average molecular weight is 1260 g/mol. The third-order valence-electron chi connectivity index (χ3n) is 16.1. The summed E-state index contributed by atoms with van der Waals surface area (Å²) in [5.74, 6) is 1.98.